The molecular weight excluding hydrogens is 268 g/mol. The molecule has 4 rings (SSSR count). The number of hydrogen-bond acceptors (Lipinski definition) is 4. The number of nitrogens with zero attached hydrogens (tertiary/aromatic N) is 2. The summed E-state index contributed by atoms with van der Waals surface area (Å²) in [5, 5.41) is 3.72. The summed E-state index contributed by atoms with van der Waals surface area (Å²) < 4.78 is 10.4. The molecule has 0 spiro atoms. The number of aromatic nitrogens is 1. The number of amides is 1. The smallest absolute Gasteiger partial charge is 0.293 e. The third kappa shape index (κ3) is 1.94. The van der Waals surface area contributed by atoms with Crippen LogP contribution in [0.4, 0.5) is 5.69 Å². The van der Waals surface area contributed by atoms with Crippen molar-refractivity contribution in [1.29, 1.82) is 0 Å². The van der Waals surface area contributed by atoms with E-state index in [4.69, 9.17) is 8.94 Å². The van der Waals surface area contributed by atoms with E-state index in [2.05, 4.69) is 5.16 Å². The van der Waals surface area contributed by atoms with E-state index in [1.807, 2.05) is 24.3 Å². The van der Waals surface area contributed by atoms with Crippen LogP contribution in [0.15, 0.2) is 57.8 Å². The average molecular weight is 280 g/mol. The van der Waals surface area contributed by atoms with E-state index < -0.39 is 0 Å². The standard InChI is InChI=1S/C16H12N2O3/c19-16(15-2-1-9-20-15)18-8-6-11-10-12(3-4-13(11)18)14-5-7-17-21-14/h1-5,7,9-10H,6,8H2. The summed E-state index contributed by atoms with van der Waals surface area (Å²) in [6.45, 7) is 0.661. The van der Waals surface area contributed by atoms with Gasteiger partial charge in [0.25, 0.3) is 5.91 Å². The lowest BCUT2D eigenvalue weighted by molar-refractivity contribution is 0.0963. The van der Waals surface area contributed by atoms with Gasteiger partial charge in [0.1, 0.15) is 0 Å². The lowest BCUT2D eigenvalue weighted by atomic mass is 10.1. The largest absolute Gasteiger partial charge is 0.459 e. The summed E-state index contributed by atoms with van der Waals surface area (Å²) in [6, 6.07) is 11.2. The van der Waals surface area contributed by atoms with E-state index in [0.717, 1.165) is 29.0 Å². The Morgan fingerprint density at radius 1 is 1.24 bits per heavy atom. The fourth-order valence-corrected chi connectivity index (χ4v) is 2.66. The molecule has 1 aliphatic rings. The highest BCUT2D eigenvalue weighted by Crippen LogP contribution is 2.33. The second kappa shape index (κ2) is 4.63. The third-order valence-corrected chi connectivity index (χ3v) is 3.67. The molecule has 1 aliphatic heterocycles. The van der Waals surface area contributed by atoms with Crippen molar-refractivity contribution in [1.82, 2.24) is 5.16 Å². The molecule has 3 aromatic rings. The molecule has 0 atom stereocenters. The number of anilines is 1. The molecule has 0 N–H and O–H groups in total. The number of hydrogen-bond donors (Lipinski definition) is 0. The zero-order valence-corrected chi connectivity index (χ0v) is 11.2. The van der Waals surface area contributed by atoms with Crippen LogP contribution in [0.2, 0.25) is 0 Å². The van der Waals surface area contributed by atoms with Gasteiger partial charge in [-0.25, -0.2) is 0 Å². The van der Waals surface area contributed by atoms with Gasteiger partial charge < -0.3 is 13.8 Å². The van der Waals surface area contributed by atoms with Gasteiger partial charge in [0.15, 0.2) is 11.5 Å². The van der Waals surface area contributed by atoms with Crippen LogP contribution in [-0.2, 0) is 6.42 Å². The van der Waals surface area contributed by atoms with E-state index in [1.54, 1.807) is 23.2 Å². The van der Waals surface area contributed by atoms with Crippen LogP contribution in [0, 0.1) is 0 Å². The molecule has 0 unspecified atom stereocenters. The highest BCUT2D eigenvalue weighted by atomic mass is 16.5. The van der Waals surface area contributed by atoms with Gasteiger partial charge in [0.2, 0.25) is 0 Å². The Morgan fingerprint density at radius 3 is 2.95 bits per heavy atom. The van der Waals surface area contributed by atoms with Crippen LogP contribution in [0.3, 0.4) is 0 Å². The number of carbonyl (C=O) groups excluding carboxylic acids is 1. The zero-order chi connectivity index (χ0) is 14.2. The van der Waals surface area contributed by atoms with E-state index in [9.17, 15) is 4.79 Å². The summed E-state index contributed by atoms with van der Waals surface area (Å²) in [7, 11) is 0. The van der Waals surface area contributed by atoms with Crippen LogP contribution in [-0.4, -0.2) is 17.6 Å². The van der Waals surface area contributed by atoms with Crippen LogP contribution in [0.5, 0.6) is 0 Å². The molecule has 0 aliphatic carbocycles. The van der Waals surface area contributed by atoms with Crippen molar-refractivity contribution in [3.8, 4) is 11.3 Å². The fraction of sp³-hybridized carbons (Fsp3) is 0.125. The first-order valence-corrected chi connectivity index (χ1v) is 6.72. The van der Waals surface area contributed by atoms with E-state index in [0.29, 0.717) is 12.3 Å². The van der Waals surface area contributed by atoms with Crippen molar-refractivity contribution in [2.45, 2.75) is 6.42 Å². The average Bonchev–Trinajstić information content (AvgIpc) is 3.25. The molecule has 5 nitrogen and oxygen atoms in total. The topological polar surface area (TPSA) is 59.5 Å². The highest BCUT2D eigenvalue weighted by molar-refractivity contribution is 6.05. The minimum atomic E-state index is -0.105. The molecule has 1 aromatic carbocycles. The summed E-state index contributed by atoms with van der Waals surface area (Å²) >= 11 is 0. The Labute approximate surface area is 120 Å². The van der Waals surface area contributed by atoms with E-state index in [-0.39, 0.29) is 5.91 Å². The van der Waals surface area contributed by atoms with Crippen molar-refractivity contribution in [2.24, 2.45) is 0 Å². The van der Waals surface area contributed by atoms with Gasteiger partial charge in [-0.05, 0) is 42.3 Å². The molecule has 0 saturated heterocycles. The Bertz CT molecular complexity index is 776. The molecule has 0 bridgehead atoms. The molecule has 21 heavy (non-hydrogen) atoms. The fourth-order valence-electron chi connectivity index (χ4n) is 2.66. The molecule has 5 heteroatoms. The Hall–Kier alpha value is -2.82. The summed E-state index contributed by atoms with van der Waals surface area (Å²) in [4.78, 5) is 14.1. The molecule has 0 saturated carbocycles. The first-order chi connectivity index (χ1) is 10.3. The molecule has 3 heterocycles. The van der Waals surface area contributed by atoms with Gasteiger partial charge in [-0.3, -0.25) is 4.79 Å². The number of carbonyl (C=O) groups is 1. The monoisotopic (exact) mass is 280 g/mol. The van der Waals surface area contributed by atoms with Gasteiger partial charge in [-0.2, -0.15) is 0 Å². The highest BCUT2D eigenvalue weighted by Gasteiger charge is 2.27. The first kappa shape index (κ1) is 12.0. The lowest BCUT2D eigenvalue weighted by Gasteiger charge is -2.15. The van der Waals surface area contributed by atoms with Crippen LogP contribution >= 0.6 is 0 Å². The molecule has 104 valence electrons. The Kier molecular flexibility index (Phi) is 2.64. The predicted molar refractivity (Wildman–Crippen MR) is 76.0 cm³/mol. The van der Waals surface area contributed by atoms with Gasteiger partial charge in [-0.15, -0.1) is 0 Å². The number of benzene rings is 1. The van der Waals surface area contributed by atoms with Gasteiger partial charge >= 0.3 is 0 Å². The van der Waals surface area contributed by atoms with Crippen LogP contribution < -0.4 is 4.90 Å². The van der Waals surface area contributed by atoms with Crippen molar-refractivity contribution in [2.75, 3.05) is 11.4 Å². The van der Waals surface area contributed by atoms with Crippen molar-refractivity contribution in [3.63, 3.8) is 0 Å². The van der Waals surface area contributed by atoms with Crippen molar-refractivity contribution < 1.29 is 13.7 Å². The second-order valence-corrected chi connectivity index (χ2v) is 4.90. The SMILES string of the molecule is O=C(c1ccco1)N1CCc2cc(-c3ccno3)ccc21. The molecule has 2 aromatic heterocycles. The maximum absolute atomic E-state index is 12.4. The maximum Gasteiger partial charge on any atom is 0.293 e. The summed E-state index contributed by atoms with van der Waals surface area (Å²) in [5.74, 6) is 0.988. The third-order valence-electron chi connectivity index (χ3n) is 3.67. The minimum Gasteiger partial charge on any atom is -0.459 e. The maximum atomic E-state index is 12.4. The van der Waals surface area contributed by atoms with Gasteiger partial charge in [-0.1, -0.05) is 5.16 Å². The molecule has 0 fully saturated rings. The van der Waals surface area contributed by atoms with E-state index >= 15 is 0 Å². The van der Waals surface area contributed by atoms with Crippen molar-refractivity contribution >= 4 is 11.6 Å². The summed E-state index contributed by atoms with van der Waals surface area (Å²) in [5.41, 5.74) is 3.03. The lowest BCUT2D eigenvalue weighted by Crippen LogP contribution is -2.28. The summed E-state index contributed by atoms with van der Waals surface area (Å²) in [6.07, 6.45) is 3.95. The predicted octanol–water partition coefficient (Wildman–Crippen LogP) is 3.14. The van der Waals surface area contributed by atoms with Gasteiger partial charge in [0.05, 0.1) is 12.5 Å². The van der Waals surface area contributed by atoms with Gasteiger partial charge in [0, 0.05) is 23.9 Å². The quantitative estimate of drug-likeness (QED) is 0.723. The molecule has 0 radical (unpaired) electrons. The number of rotatable bonds is 2. The Morgan fingerprint density at radius 2 is 2.19 bits per heavy atom. The van der Waals surface area contributed by atoms with Crippen LogP contribution in [0.1, 0.15) is 16.1 Å². The van der Waals surface area contributed by atoms with Crippen LogP contribution in [0.25, 0.3) is 11.3 Å². The normalized spacial score (nSPS) is 13.4. The first-order valence-electron chi connectivity index (χ1n) is 6.72. The molecule has 1 amide bonds. The Balaban J connectivity index is 1.68. The number of furan rings is 1. The number of fused-ring (bicyclic) bond motifs is 1. The van der Waals surface area contributed by atoms with E-state index in [1.165, 1.54) is 6.26 Å². The van der Waals surface area contributed by atoms with Crippen molar-refractivity contribution in [3.05, 3.63) is 60.2 Å². The minimum absolute atomic E-state index is 0.105. The second-order valence-electron chi connectivity index (χ2n) is 4.90. The molecular formula is C16H12N2O3. The zero-order valence-electron chi connectivity index (χ0n) is 11.2.